The summed E-state index contributed by atoms with van der Waals surface area (Å²) in [6, 6.07) is 0.691. The molecule has 1 saturated heterocycles. The predicted molar refractivity (Wildman–Crippen MR) is 60.1 cm³/mol. The van der Waals surface area contributed by atoms with Crippen LogP contribution in [-0.2, 0) is 0 Å². The summed E-state index contributed by atoms with van der Waals surface area (Å²) in [6.07, 6.45) is 4.27. The van der Waals surface area contributed by atoms with Crippen molar-refractivity contribution < 1.29 is 0 Å². The number of hydrogen-bond acceptors (Lipinski definition) is 2. The van der Waals surface area contributed by atoms with E-state index in [-0.39, 0.29) is 0 Å². The van der Waals surface area contributed by atoms with Gasteiger partial charge in [-0.1, -0.05) is 20.3 Å². The monoisotopic (exact) mass is 196 g/mol. The van der Waals surface area contributed by atoms with Crippen LogP contribution in [0.1, 0.15) is 33.1 Å². The lowest BCUT2D eigenvalue weighted by Crippen LogP contribution is -2.46. The van der Waals surface area contributed by atoms with Crippen molar-refractivity contribution in [1.82, 2.24) is 4.90 Å². The van der Waals surface area contributed by atoms with Crippen molar-refractivity contribution in [2.75, 3.05) is 19.6 Å². The molecule has 0 radical (unpaired) electrons. The van der Waals surface area contributed by atoms with Crippen LogP contribution in [-0.4, -0.2) is 30.6 Å². The van der Waals surface area contributed by atoms with Gasteiger partial charge in [0.05, 0.1) is 0 Å². The second-order valence-corrected chi connectivity index (χ2v) is 5.40. The van der Waals surface area contributed by atoms with Gasteiger partial charge in [0.15, 0.2) is 0 Å². The van der Waals surface area contributed by atoms with Gasteiger partial charge in [0.25, 0.3) is 0 Å². The van der Waals surface area contributed by atoms with Crippen molar-refractivity contribution in [2.45, 2.75) is 39.2 Å². The quantitative estimate of drug-likeness (QED) is 0.744. The Labute approximate surface area is 87.8 Å². The normalized spacial score (nSPS) is 37.1. The van der Waals surface area contributed by atoms with E-state index in [4.69, 9.17) is 5.73 Å². The predicted octanol–water partition coefficient (Wildman–Crippen LogP) is 1.70. The molecule has 2 N–H and O–H groups in total. The van der Waals surface area contributed by atoms with Crippen LogP contribution in [0, 0.1) is 17.8 Å². The zero-order valence-corrected chi connectivity index (χ0v) is 9.58. The highest BCUT2D eigenvalue weighted by Crippen LogP contribution is 2.35. The van der Waals surface area contributed by atoms with E-state index in [9.17, 15) is 0 Å². The van der Waals surface area contributed by atoms with Gasteiger partial charge in [-0.15, -0.1) is 0 Å². The van der Waals surface area contributed by atoms with E-state index in [1.165, 1.54) is 32.4 Å². The lowest BCUT2D eigenvalue weighted by atomic mass is 9.79. The van der Waals surface area contributed by atoms with Crippen molar-refractivity contribution in [1.29, 1.82) is 0 Å². The maximum absolute atomic E-state index is 5.91. The minimum Gasteiger partial charge on any atom is -0.329 e. The van der Waals surface area contributed by atoms with Gasteiger partial charge < -0.3 is 5.73 Å². The lowest BCUT2D eigenvalue weighted by Gasteiger charge is -2.39. The average molecular weight is 196 g/mol. The molecule has 82 valence electrons. The molecule has 3 atom stereocenters. The summed E-state index contributed by atoms with van der Waals surface area (Å²) in [4.78, 5) is 2.65. The maximum Gasteiger partial charge on any atom is 0.0246 e. The van der Waals surface area contributed by atoms with Crippen molar-refractivity contribution in [3.63, 3.8) is 0 Å². The Bertz CT molecular complexity index is 179. The molecule has 1 heterocycles. The zero-order chi connectivity index (χ0) is 10.1. The molecule has 2 nitrogen and oxygen atoms in total. The second kappa shape index (κ2) is 4.19. The van der Waals surface area contributed by atoms with Crippen molar-refractivity contribution in [3.05, 3.63) is 0 Å². The number of nitrogens with two attached hydrogens (primary N) is 1. The zero-order valence-electron chi connectivity index (χ0n) is 9.58. The first-order chi connectivity index (χ1) is 6.72. The standard InChI is InChI=1S/C12H24N2/c1-9-7-14(8-10(9)2)12(6-13)11-4-3-5-11/h9-12H,3-8,13H2,1-2H3. The molecule has 0 spiro atoms. The number of rotatable bonds is 3. The first-order valence-corrected chi connectivity index (χ1v) is 6.16. The Balaban J connectivity index is 1.92. The lowest BCUT2D eigenvalue weighted by molar-refractivity contribution is 0.118. The molecule has 2 aliphatic rings. The van der Waals surface area contributed by atoms with Crippen LogP contribution in [0.5, 0.6) is 0 Å². The summed E-state index contributed by atoms with van der Waals surface area (Å²) < 4.78 is 0. The van der Waals surface area contributed by atoms with E-state index in [0.29, 0.717) is 6.04 Å². The summed E-state index contributed by atoms with van der Waals surface area (Å²) in [6.45, 7) is 8.17. The summed E-state index contributed by atoms with van der Waals surface area (Å²) >= 11 is 0. The van der Waals surface area contributed by atoms with Gasteiger partial charge in [0.2, 0.25) is 0 Å². The van der Waals surface area contributed by atoms with Gasteiger partial charge >= 0.3 is 0 Å². The van der Waals surface area contributed by atoms with Crippen molar-refractivity contribution >= 4 is 0 Å². The molecule has 1 saturated carbocycles. The molecule has 0 aromatic carbocycles. The van der Waals surface area contributed by atoms with Crippen LogP contribution >= 0.6 is 0 Å². The van der Waals surface area contributed by atoms with Gasteiger partial charge in [-0.25, -0.2) is 0 Å². The number of nitrogens with zero attached hydrogens (tertiary/aromatic N) is 1. The summed E-state index contributed by atoms with van der Waals surface area (Å²) in [5.74, 6) is 2.64. The Kier molecular flexibility index (Phi) is 3.13. The molecule has 2 rings (SSSR count). The Morgan fingerprint density at radius 1 is 1.21 bits per heavy atom. The molecule has 3 unspecified atom stereocenters. The highest BCUT2D eigenvalue weighted by Gasteiger charge is 2.36. The minimum atomic E-state index is 0.691. The van der Waals surface area contributed by atoms with Gasteiger partial charge in [0.1, 0.15) is 0 Å². The fourth-order valence-corrected chi connectivity index (χ4v) is 2.91. The van der Waals surface area contributed by atoms with E-state index in [1.54, 1.807) is 0 Å². The van der Waals surface area contributed by atoms with Crippen LogP contribution in [0.4, 0.5) is 0 Å². The van der Waals surface area contributed by atoms with E-state index < -0.39 is 0 Å². The smallest absolute Gasteiger partial charge is 0.0246 e. The molecule has 2 heteroatoms. The molecular formula is C12H24N2. The molecule has 0 amide bonds. The largest absolute Gasteiger partial charge is 0.329 e. The first kappa shape index (κ1) is 10.4. The van der Waals surface area contributed by atoms with Gasteiger partial charge in [0, 0.05) is 25.7 Å². The van der Waals surface area contributed by atoms with E-state index in [0.717, 1.165) is 24.3 Å². The van der Waals surface area contributed by atoms with E-state index >= 15 is 0 Å². The van der Waals surface area contributed by atoms with Gasteiger partial charge in [-0.2, -0.15) is 0 Å². The number of likely N-dealkylation sites (tertiary alicyclic amines) is 1. The SMILES string of the molecule is CC1CN(C(CN)C2CCC2)CC1C. The molecule has 14 heavy (non-hydrogen) atoms. The fraction of sp³-hybridized carbons (Fsp3) is 1.00. The molecular weight excluding hydrogens is 172 g/mol. The third-order valence-electron chi connectivity index (χ3n) is 4.42. The van der Waals surface area contributed by atoms with Crippen molar-refractivity contribution in [3.8, 4) is 0 Å². The molecule has 1 aliphatic carbocycles. The van der Waals surface area contributed by atoms with Gasteiger partial charge in [-0.05, 0) is 30.6 Å². The minimum absolute atomic E-state index is 0.691. The van der Waals surface area contributed by atoms with Crippen LogP contribution in [0.2, 0.25) is 0 Å². The van der Waals surface area contributed by atoms with Crippen LogP contribution in [0.15, 0.2) is 0 Å². The van der Waals surface area contributed by atoms with Crippen LogP contribution < -0.4 is 5.73 Å². The summed E-state index contributed by atoms with van der Waals surface area (Å²) in [7, 11) is 0. The maximum atomic E-state index is 5.91. The Morgan fingerprint density at radius 3 is 2.14 bits per heavy atom. The second-order valence-electron chi connectivity index (χ2n) is 5.40. The van der Waals surface area contributed by atoms with Crippen molar-refractivity contribution in [2.24, 2.45) is 23.5 Å². The van der Waals surface area contributed by atoms with Crippen LogP contribution in [0.25, 0.3) is 0 Å². The van der Waals surface area contributed by atoms with E-state index in [1.807, 2.05) is 0 Å². The van der Waals surface area contributed by atoms with Crippen LogP contribution in [0.3, 0.4) is 0 Å². The average Bonchev–Trinajstić information content (AvgIpc) is 2.39. The number of hydrogen-bond donors (Lipinski definition) is 1. The molecule has 0 bridgehead atoms. The fourth-order valence-electron chi connectivity index (χ4n) is 2.91. The highest BCUT2D eigenvalue weighted by molar-refractivity contribution is 4.90. The van der Waals surface area contributed by atoms with E-state index in [2.05, 4.69) is 18.7 Å². The first-order valence-electron chi connectivity index (χ1n) is 6.16. The topological polar surface area (TPSA) is 29.3 Å². The molecule has 0 aromatic rings. The Hall–Kier alpha value is -0.0800. The third kappa shape index (κ3) is 1.82. The summed E-state index contributed by atoms with van der Waals surface area (Å²) in [5, 5.41) is 0. The molecule has 0 aromatic heterocycles. The Morgan fingerprint density at radius 2 is 1.79 bits per heavy atom. The third-order valence-corrected chi connectivity index (χ3v) is 4.42. The van der Waals surface area contributed by atoms with Gasteiger partial charge in [-0.3, -0.25) is 4.90 Å². The molecule has 2 fully saturated rings. The summed E-state index contributed by atoms with van der Waals surface area (Å²) in [5.41, 5.74) is 5.91. The molecule has 1 aliphatic heterocycles. The highest BCUT2D eigenvalue weighted by atomic mass is 15.2.